The smallest absolute Gasteiger partial charge is 0.193 e. The first-order valence-electron chi connectivity index (χ1n) is 16.2. The molecule has 1 aromatic rings. The largest absolute Gasteiger partial charge is 0.490 e. The van der Waals surface area contributed by atoms with Gasteiger partial charge in [0, 0.05) is 28.4 Å². The second-order valence-electron chi connectivity index (χ2n) is 15.4. The Labute approximate surface area is 261 Å². The molecule has 4 N–H and O–H groups in total. The number of fused-ring (bicyclic) bond motifs is 7. The van der Waals surface area contributed by atoms with Gasteiger partial charge in [-0.05, 0) is 93.1 Å². The summed E-state index contributed by atoms with van der Waals surface area (Å²) in [5.41, 5.74) is 0.385. The van der Waals surface area contributed by atoms with E-state index in [1.54, 1.807) is 13.8 Å². The topological polar surface area (TPSA) is 128 Å². The van der Waals surface area contributed by atoms with Crippen LogP contribution in [0.4, 0.5) is 8.78 Å². The van der Waals surface area contributed by atoms with Crippen molar-refractivity contribution in [1.29, 1.82) is 0 Å². The minimum Gasteiger partial charge on any atom is -0.490 e. The van der Waals surface area contributed by atoms with Crippen LogP contribution in [0.15, 0.2) is 48.1 Å². The quantitative estimate of drug-likeness (QED) is 0.449. The molecule has 10 atom stereocenters. The lowest BCUT2D eigenvalue weighted by molar-refractivity contribution is -0.235. The Hall–Kier alpha value is -2.50. The number of aliphatic hydroxyl groups excluding tert-OH is 2. The molecular formula is C35H41F2NO7. The first-order chi connectivity index (χ1) is 21.3. The van der Waals surface area contributed by atoms with E-state index < -0.39 is 76.8 Å². The van der Waals surface area contributed by atoms with Crippen molar-refractivity contribution in [2.24, 2.45) is 33.8 Å². The fourth-order valence-electron chi connectivity index (χ4n) is 11.0. The summed E-state index contributed by atoms with van der Waals surface area (Å²) in [7, 11) is 0. The zero-order valence-electron chi connectivity index (χ0n) is 25.6. The number of ether oxygens (including phenoxy) is 3. The molecule has 1 aromatic carbocycles. The third kappa shape index (κ3) is 3.74. The Kier molecular flexibility index (Phi) is 6.33. The molecule has 8 rings (SSSR count). The summed E-state index contributed by atoms with van der Waals surface area (Å²) in [5.74, 6) is -1.87. The number of Topliss-reactive ketones (excluding diaryl/α,β-unsaturated/α-hetero) is 1. The summed E-state index contributed by atoms with van der Waals surface area (Å²) in [6, 6.07) is 7.65. The van der Waals surface area contributed by atoms with Gasteiger partial charge in [0.1, 0.15) is 18.5 Å². The van der Waals surface area contributed by atoms with Gasteiger partial charge in [0.2, 0.25) is 0 Å². The van der Waals surface area contributed by atoms with Crippen molar-refractivity contribution in [2.75, 3.05) is 6.61 Å². The zero-order chi connectivity index (χ0) is 31.7. The van der Waals surface area contributed by atoms with E-state index >= 15 is 8.78 Å². The molecule has 6 fully saturated rings. The third-order valence-corrected chi connectivity index (χ3v) is 13.1. The van der Waals surface area contributed by atoms with E-state index in [4.69, 9.17) is 19.9 Å². The van der Waals surface area contributed by atoms with E-state index in [-0.39, 0.29) is 30.9 Å². The highest BCUT2D eigenvalue weighted by atomic mass is 19.1. The second-order valence-corrected chi connectivity index (χ2v) is 15.4. The Morgan fingerprint density at radius 2 is 1.80 bits per heavy atom. The molecule has 8 nitrogen and oxygen atoms in total. The van der Waals surface area contributed by atoms with Crippen LogP contribution >= 0.6 is 0 Å². The maximum absolute atomic E-state index is 17.6. The number of hydrogen-bond donors (Lipinski definition) is 3. The van der Waals surface area contributed by atoms with Crippen LogP contribution in [0.1, 0.15) is 70.6 Å². The molecule has 5 saturated carbocycles. The van der Waals surface area contributed by atoms with Gasteiger partial charge in [0.25, 0.3) is 0 Å². The van der Waals surface area contributed by atoms with E-state index in [1.807, 2.05) is 24.3 Å². The normalized spacial score (nSPS) is 50.9. The van der Waals surface area contributed by atoms with Crippen molar-refractivity contribution in [1.82, 2.24) is 0 Å². The van der Waals surface area contributed by atoms with E-state index in [2.05, 4.69) is 0 Å². The number of alkyl halides is 2. The van der Waals surface area contributed by atoms with E-state index in [0.717, 1.165) is 37.5 Å². The number of allylic oxidation sites excluding steroid dienone is 4. The monoisotopic (exact) mass is 625 g/mol. The zero-order valence-corrected chi connectivity index (χ0v) is 25.6. The highest BCUT2D eigenvalue weighted by Crippen LogP contribution is 2.72. The van der Waals surface area contributed by atoms with Crippen molar-refractivity contribution in [3.05, 3.63) is 53.6 Å². The second kappa shape index (κ2) is 9.53. The molecule has 0 unspecified atom stereocenters. The van der Waals surface area contributed by atoms with Gasteiger partial charge in [-0.25, -0.2) is 8.78 Å². The molecule has 1 spiro atoms. The standard InChI is InChI=1S/C35H41F2NO7/c1-31-8-7-20(40)9-25(31)26(36)10-24-23-11-29-35(28(42)17-39,32(23,2)16-27(41)34(24,31)37)45-30(44-29)18-3-5-21(6-4-18)43-22-14-33(15-22)12-19(38)13-33/h3-9,19,22-24,26-27,29-30,39,41H,10-17,38H2,1-2H3/t19?,22?,23-,24-,26-,27-,29+,30+,31-,32-,33?,34-,35+/m0/s1. The van der Waals surface area contributed by atoms with Gasteiger partial charge < -0.3 is 30.2 Å². The van der Waals surface area contributed by atoms with Crippen LogP contribution in [-0.2, 0) is 19.1 Å². The maximum Gasteiger partial charge on any atom is 0.193 e. The van der Waals surface area contributed by atoms with Gasteiger partial charge in [0.15, 0.2) is 29.1 Å². The van der Waals surface area contributed by atoms with Crippen LogP contribution in [0.5, 0.6) is 5.75 Å². The summed E-state index contributed by atoms with van der Waals surface area (Å²) in [6.45, 7) is 2.50. The Balaban J connectivity index is 1.06. The van der Waals surface area contributed by atoms with Gasteiger partial charge in [-0.3, -0.25) is 9.59 Å². The summed E-state index contributed by atoms with van der Waals surface area (Å²) in [6.07, 6.45) is 2.90. The fraction of sp³-hybridized carbons (Fsp3) is 0.657. The van der Waals surface area contributed by atoms with Gasteiger partial charge in [0.05, 0.1) is 18.3 Å². The van der Waals surface area contributed by atoms with Crippen LogP contribution in [0, 0.1) is 28.1 Å². The van der Waals surface area contributed by atoms with Crippen LogP contribution < -0.4 is 10.5 Å². The summed E-state index contributed by atoms with van der Waals surface area (Å²) in [4.78, 5) is 25.8. The fourth-order valence-corrected chi connectivity index (χ4v) is 11.0. The summed E-state index contributed by atoms with van der Waals surface area (Å²) >= 11 is 0. The molecule has 242 valence electrons. The lowest BCUT2D eigenvalue weighted by Crippen LogP contribution is -2.70. The molecule has 1 heterocycles. The Morgan fingerprint density at radius 1 is 1.09 bits per heavy atom. The van der Waals surface area contributed by atoms with Crippen LogP contribution in [-0.4, -0.2) is 70.2 Å². The molecule has 10 heteroatoms. The average Bonchev–Trinajstić information content (AvgIpc) is 3.47. The number of benzene rings is 1. The molecule has 6 aliphatic carbocycles. The Morgan fingerprint density at radius 3 is 2.47 bits per heavy atom. The molecule has 0 aromatic heterocycles. The van der Waals surface area contributed by atoms with E-state index in [9.17, 15) is 19.8 Å². The maximum atomic E-state index is 17.6. The van der Waals surface area contributed by atoms with Crippen molar-refractivity contribution in [3.63, 3.8) is 0 Å². The van der Waals surface area contributed by atoms with Gasteiger partial charge in [-0.1, -0.05) is 25.1 Å². The number of rotatable bonds is 5. The Bertz CT molecular complexity index is 1500. The predicted molar refractivity (Wildman–Crippen MR) is 157 cm³/mol. The lowest BCUT2D eigenvalue weighted by atomic mass is 9.44. The minimum atomic E-state index is -2.29. The van der Waals surface area contributed by atoms with E-state index in [0.29, 0.717) is 17.0 Å². The molecular weight excluding hydrogens is 584 g/mol. The number of hydrogen-bond acceptors (Lipinski definition) is 8. The van der Waals surface area contributed by atoms with Crippen molar-refractivity contribution < 1.29 is 42.8 Å². The number of carbonyl (C=O) groups is 2. The van der Waals surface area contributed by atoms with E-state index in [1.165, 1.54) is 12.2 Å². The van der Waals surface area contributed by atoms with Gasteiger partial charge >= 0.3 is 0 Å². The van der Waals surface area contributed by atoms with Crippen molar-refractivity contribution in [2.45, 2.75) is 107 Å². The predicted octanol–water partition coefficient (Wildman–Crippen LogP) is 3.98. The van der Waals surface area contributed by atoms with Crippen LogP contribution in [0.3, 0.4) is 0 Å². The molecule has 7 aliphatic rings. The molecule has 1 saturated heterocycles. The first-order valence-corrected chi connectivity index (χ1v) is 16.2. The molecule has 45 heavy (non-hydrogen) atoms. The average molecular weight is 626 g/mol. The van der Waals surface area contributed by atoms with Gasteiger partial charge in [-0.15, -0.1) is 0 Å². The third-order valence-electron chi connectivity index (χ3n) is 13.1. The first kappa shape index (κ1) is 29.9. The molecule has 1 aliphatic heterocycles. The number of carbonyl (C=O) groups excluding carboxylic acids is 2. The molecule has 0 bridgehead atoms. The number of halogens is 2. The van der Waals surface area contributed by atoms with Crippen molar-refractivity contribution >= 4 is 11.6 Å². The number of nitrogens with two attached hydrogens (primary N) is 1. The van der Waals surface area contributed by atoms with Crippen molar-refractivity contribution in [3.8, 4) is 5.75 Å². The molecule has 0 radical (unpaired) electrons. The summed E-state index contributed by atoms with van der Waals surface area (Å²) in [5, 5.41) is 21.8. The highest BCUT2D eigenvalue weighted by Gasteiger charge is 2.80. The highest BCUT2D eigenvalue weighted by molar-refractivity contribution is 6.01. The summed E-state index contributed by atoms with van der Waals surface area (Å²) < 4.78 is 52.5. The van der Waals surface area contributed by atoms with Crippen LogP contribution in [0.2, 0.25) is 0 Å². The number of aliphatic hydroxyl groups is 2. The van der Waals surface area contributed by atoms with Gasteiger partial charge in [-0.2, -0.15) is 0 Å². The molecule has 0 amide bonds. The SMILES string of the molecule is C[C@]12C=CC(=O)C=C1[C@@H](F)C[C@H]1[C@@H]3C[C@H]4O[C@@H](c5ccc(OC6CC7(CC(N)C7)C6)cc5)O[C@@]4(C(=O)CO)[C@@]3(C)C[C@H](O)[C@@]12F. The number of ketones is 2. The van der Waals surface area contributed by atoms with Crippen LogP contribution in [0.25, 0.3) is 0 Å². The lowest BCUT2D eigenvalue weighted by Gasteiger charge is -2.63. The minimum absolute atomic E-state index is 0.0415.